The molecule has 0 radical (unpaired) electrons. The van der Waals surface area contributed by atoms with E-state index in [1.165, 1.54) is 4.90 Å². The summed E-state index contributed by atoms with van der Waals surface area (Å²) in [6.07, 6.45) is 0.219. The fourth-order valence-electron chi connectivity index (χ4n) is 6.29. The molecular formula is C30H37N3O7. The van der Waals surface area contributed by atoms with E-state index in [-0.39, 0.29) is 29.7 Å². The minimum atomic E-state index is -2.67. The lowest BCUT2D eigenvalue weighted by atomic mass is 9.57. The third-order valence-electron chi connectivity index (χ3n) is 8.15. The van der Waals surface area contributed by atoms with Crippen LogP contribution in [0, 0.1) is 23.7 Å². The van der Waals surface area contributed by atoms with Crippen LogP contribution in [0.5, 0.6) is 5.75 Å². The second-order valence-corrected chi connectivity index (χ2v) is 12.4. The molecule has 6 N–H and O–H groups in total. The van der Waals surface area contributed by atoms with Crippen LogP contribution < -0.4 is 5.73 Å². The van der Waals surface area contributed by atoms with Gasteiger partial charge in [0.15, 0.2) is 11.4 Å². The van der Waals surface area contributed by atoms with Crippen molar-refractivity contribution in [3.05, 3.63) is 45.2 Å². The van der Waals surface area contributed by atoms with Gasteiger partial charge in [-0.3, -0.25) is 24.2 Å². The van der Waals surface area contributed by atoms with Gasteiger partial charge in [0, 0.05) is 22.6 Å². The Bertz CT molecular complexity index is 1450. The Balaban J connectivity index is 2.01. The quantitative estimate of drug-likeness (QED) is 0.274. The van der Waals surface area contributed by atoms with Crippen LogP contribution in [0.3, 0.4) is 0 Å². The number of amides is 1. The molecule has 1 saturated carbocycles. The number of nitrogens with two attached hydrogens (primary N) is 1. The largest absolute Gasteiger partial charge is 0.508 e. The first-order valence-corrected chi connectivity index (χ1v) is 13.1. The molecule has 0 aliphatic heterocycles. The van der Waals surface area contributed by atoms with Gasteiger partial charge in [-0.1, -0.05) is 32.6 Å². The minimum absolute atomic E-state index is 0.0259. The maximum Gasteiger partial charge on any atom is 0.255 e. The number of fused-ring (bicyclic) bond motifs is 3. The van der Waals surface area contributed by atoms with E-state index in [9.17, 15) is 34.8 Å². The third kappa shape index (κ3) is 4.29. The predicted molar refractivity (Wildman–Crippen MR) is 148 cm³/mol. The molecule has 0 unspecified atom stereocenters. The van der Waals surface area contributed by atoms with Gasteiger partial charge in [0.2, 0.25) is 5.78 Å². The number of carbonyl (C=O) groups is 3. The summed E-state index contributed by atoms with van der Waals surface area (Å²) in [6, 6.07) is 0.671. The number of ketones is 2. The molecule has 1 amide bonds. The number of Topliss-reactive ketones (excluding diaryl/α,β-unsaturated/α-hetero) is 2. The highest BCUT2D eigenvalue weighted by Crippen LogP contribution is 2.53. The Kier molecular flexibility index (Phi) is 7.16. The fourth-order valence-corrected chi connectivity index (χ4v) is 6.29. The van der Waals surface area contributed by atoms with Crippen LogP contribution in [-0.2, 0) is 26.2 Å². The monoisotopic (exact) mass is 551 g/mol. The van der Waals surface area contributed by atoms with Crippen molar-refractivity contribution in [3.63, 3.8) is 0 Å². The van der Waals surface area contributed by atoms with Crippen molar-refractivity contribution >= 4 is 23.2 Å². The van der Waals surface area contributed by atoms with E-state index in [0.29, 0.717) is 23.2 Å². The molecule has 10 heteroatoms. The lowest BCUT2D eigenvalue weighted by molar-refractivity contribution is -0.153. The van der Waals surface area contributed by atoms with Crippen LogP contribution in [0.1, 0.15) is 49.4 Å². The number of nitrogens with zero attached hydrogens (tertiary/aromatic N) is 2. The lowest BCUT2D eigenvalue weighted by Gasteiger charge is -2.50. The van der Waals surface area contributed by atoms with Gasteiger partial charge in [-0.15, -0.1) is 0 Å². The molecule has 0 spiro atoms. The first-order chi connectivity index (χ1) is 18.4. The van der Waals surface area contributed by atoms with E-state index < -0.39 is 63.5 Å². The van der Waals surface area contributed by atoms with Crippen molar-refractivity contribution in [2.75, 3.05) is 34.7 Å². The Morgan fingerprint density at radius 2 is 1.77 bits per heavy atom. The number of aromatic hydroxyl groups is 1. The number of carbonyl (C=O) groups excluding carboxylic acids is 3. The van der Waals surface area contributed by atoms with Crippen LogP contribution in [0.15, 0.2) is 23.0 Å². The Labute approximate surface area is 233 Å². The molecule has 1 aromatic carbocycles. The third-order valence-corrected chi connectivity index (χ3v) is 8.15. The number of rotatable bonds is 3. The normalized spacial score (nSPS) is 26.4. The van der Waals surface area contributed by atoms with Crippen LogP contribution in [-0.4, -0.2) is 94.1 Å². The van der Waals surface area contributed by atoms with Crippen LogP contribution in [0.25, 0.3) is 5.76 Å². The molecule has 0 aromatic heterocycles. The summed E-state index contributed by atoms with van der Waals surface area (Å²) < 4.78 is 0. The van der Waals surface area contributed by atoms with Gasteiger partial charge in [-0.2, -0.15) is 0 Å². The summed E-state index contributed by atoms with van der Waals surface area (Å²) in [6.45, 7) is 6.17. The van der Waals surface area contributed by atoms with Crippen molar-refractivity contribution in [2.45, 2.75) is 50.7 Å². The second kappa shape index (κ2) is 9.77. The topological polar surface area (TPSA) is 165 Å². The van der Waals surface area contributed by atoms with Gasteiger partial charge in [-0.25, -0.2) is 0 Å². The van der Waals surface area contributed by atoms with E-state index >= 15 is 0 Å². The van der Waals surface area contributed by atoms with Gasteiger partial charge in [0.05, 0.1) is 18.2 Å². The maximum absolute atomic E-state index is 14.1. The van der Waals surface area contributed by atoms with Crippen molar-refractivity contribution < 1.29 is 34.8 Å². The zero-order valence-electron chi connectivity index (χ0n) is 23.9. The number of phenolic OH excluding ortho intramolecular Hbond substituents is 1. The highest BCUT2D eigenvalue weighted by Gasteiger charge is 2.64. The average molecular weight is 552 g/mol. The number of benzene rings is 1. The zero-order chi connectivity index (χ0) is 30.1. The molecule has 0 saturated heterocycles. The summed E-state index contributed by atoms with van der Waals surface area (Å²) in [5.74, 6) is -0.428. The number of aliphatic hydroxyl groups excluding tert-OH is 2. The van der Waals surface area contributed by atoms with Gasteiger partial charge in [-0.05, 0) is 64.0 Å². The van der Waals surface area contributed by atoms with Gasteiger partial charge in [0.25, 0.3) is 5.91 Å². The number of hydrogen-bond acceptors (Lipinski definition) is 9. The van der Waals surface area contributed by atoms with Crippen LogP contribution in [0.4, 0.5) is 0 Å². The van der Waals surface area contributed by atoms with E-state index in [1.807, 2.05) is 39.8 Å². The number of phenols is 1. The maximum atomic E-state index is 14.1. The van der Waals surface area contributed by atoms with Crippen LogP contribution in [0.2, 0.25) is 0 Å². The molecule has 214 valence electrons. The van der Waals surface area contributed by atoms with Gasteiger partial charge < -0.3 is 26.2 Å². The molecule has 40 heavy (non-hydrogen) atoms. The van der Waals surface area contributed by atoms with Crippen molar-refractivity contribution in [1.82, 2.24) is 9.80 Å². The summed E-state index contributed by atoms with van der Waals surface area (Å²) in [4.78, 5) is 42.8. The minimum Gasteiger partial charge on any atom is -0.508 e. The Morgan fingerprint density at radius 1 is 1.15 bits per heavy atom. The standard InChI is InChI=1S/C30H37N3O7/c1-29(2,3)18-12-14(9-8-10-32(4)5)16-11-15-13-17-22(33(6)7)25(36)21(28(31)39)27(38)30(17,40)26(37)19(15)24(35)20(16)23(18)34/h12,15,17,22,34-35,38,40H,10-11,13H2,1-7H3,(H2,31,39)/t15-,17-,22-,30-/m0/s1. The second-order valence-electron chi connectivity index (χ2n) is 12.4. The summed E-state index contributed by atoms with van der Waals surface area (Å²) in [5.41, 5.74) is 2.88. The summed E-state index contributed by atoms with van der Waals surface area (Å²) >= 11 is 0. The van der Waals surface area contributed by atoms with Gasteiger partial charge in [0.1, 0.15) is 22.8 Å². The van der Waals surface area contributed by atoms with E-state index in [0.717, 1.165) is 0 Å². The highest BCUT2D eigenvalue weighted by atomic mass is 16.3. The fraction of sp³-hybridized carbons (Fsp3) is 0.500. The molecular weight excluding hydrogens is 514 g/mol. The number of primary amides is 1. The molecule has 3 aliphatic carbocycles. The first-order valence-electron chi connectivity index (χ1n) is 13.1. The van der Waals surface area contributed by atoms with Crippen molar-refractivity contribution in [2.24, 2.45) is 17.6 Å². The van der Waals surface area contributed by atoms with Crippen molar-refractivity contribution in [1.29, 1.82) is 0 Å². The molecule has 10 nitrogen and oxygen atoms in total. The average Bonchev–Trinajstić information content (AvgIpc) is 2.81. The van der Waals surface area contributed by atoms with Crippen LogP contribution >= 0.6 is 0 Å². The van der Waals surface area contributed by atoms with E-state index in [2.05, 4.69) is 11.8 Å². The zero-order valence-corrected chi connectivity index (χ0v) is 23.9. The molecule has 3 aliphatic rings. The molecule has 1 fully saturated rings. The molecule has 0 heterocycles. The smallest absolute Gasteiger partial charge is 0.255 e. The first kappa shape index (κ1) is 29.3. The molecule has 4 atom stereocenters. The lowest BCUT2D eigenvalue weighted by Crippen LogP contribution is -2.65. The van der Waals surface area contributed by atoms with E-state index in [4.69, 9.17) is 5.73 Å². The predicted octanol–water partition coefficient (Wildman–Crippen LogP) is 1.17. The van der Waals surface area contributed by atoms with Crippen molar-refractivity contribution in [3.8, 4) is 17.6 Å². The molecule has 4 rings (SSSR count). The highest BCUT2D eigenvalue weighted by molar-refractivity contribution is 6.24. The number of likely N-dealkylation sites (N-methyl/N-ethyl adjacent to an activating group) is 1. The van der Waals surface area contributed by atoms with E-state index in [1.54, 1.807) is 20.2 Å². The Morgan fingerprint density at radius 3 is 2.30 bits per heavy atom. The summed E-state index contributed by atoms with van der Waals surface area (Å²) in [7, 11) is 6.91. The number of aliphatic hydroxyl groups is 3. The Hall–Kier alpha value is -3.65. The SMILES string of the molecule is CN(C)CC#Cc1cc(C(C)(C)C)c(O)c2c1C[C@H]1C[C@H]3[C@H](N(C)C)C(=O)C(C(N)=O)=C(O)[C@@]3(O)C(=O)C1=C2O. The summed E-state index contributed by atoms with van der Waals surface area (Å²) in [5, 5.41) is 45.7. The van der Waals surface area contributed by atoms with Gasteiger partial charge >= 0.3 is 0 Å². The molecule has 1 aromatic rings. The molecule has 0 bridgehead atoms. The number of hydrogen-bond donors (Lipinski definition) is 5.